The van der Waals surface area contributed by atoms with E-state index in [-0.39, 0.29) is 22.0 Å². The number of amides is 1. The van der Waals surface area contributed by atoms with Crippen molar-refractivity contribution in [3.05, 3.63) is 79.2 Å². The van der Waals surface area contributed by atoms with Gasteiger partial charge in [-0.05, 0) is 35.7 Å². The number of hydrogen-bond acceptors (Lipinski definition) is 6. The van der Waals surface area contributed by atoms with E-state index in [1.807, 2.05) is 23.6 Å². The number of hydrogen-bond donors (Lipinski definition) is 1. The molecular formula is C19H12ClN3O4S. The summed E-state index contributed by atoms with van der Waals surface area (Å²) in [5.74, 6) is 0.105. The third-order valence-electron chi connectivity index (χ3n) is 3.71. The van der Waals surface area contributed by atoms with Gasteiger partial charge in [0.1, 0.15) is 28.2 Å². The van der Waals surface area contributed by atoms with Crippen molar-refractivity contribution >= 4 is 40.6 Å². The van der Waals surface area contributed by atoms with Gasteiger partial charge in [-0.1, -0.05) is 17.7 Å². The highest BCUT2D eigenvalue weighted by Crippen LogP contribution is 2.31. The number of rotatable bonds is 6. The number of halogens is 1. The predicted molar refractivity (Wildman–Crippen MR) is 106 cm³/mol. The first kappa shape index (κ1) is 19.4. The van der Waals surface area contributed by atoms with Crippen molar-refractivity contribution in [3.63, 3.8) is 0 Å². The van der Waals surface area contributed by atoms with Gasteiger partial charge in [0.15, 0.2) is 0 Å². The van der Waals surface area contributed by atoms with Gasteiger partial charge in [-0.15, -0.1) is 11.3 Å². The minimum atomic E-state index is -0.582. The number of benzene rings is 1. The summed E-state index contributed by atoms with van der Waals surface area (Å²) in [4.78, 5) is 23.6. The molecule has 1 amide bonds. The van der Waals surface area contributed by atoms with Gasteiger partial charge in [0.05, 0.1) is 11.5 Å². The standard InChI is InChI=1S/C19H12ClN3O4S/c20-16-5-3-12(9-17(16)23(25)26)18-6-4-14(27-18)8-13(10-21)19(24)22-11-15-2-1-7-28-15/h1-9H,11H2,(H,22,24). The molecule has 0 saturated carbocycles. The number of furan rings is 1. The molecule has 0 aliphatic rings. The van der Waals surface area contributed by atoms with Crippen LogP contribution in [0.5, 0.6) is 0 Å². The summed E-state index contributed by atoms with van der Waals surface area (Å²) in [5.41, 5.74) is 0.106. The van der Waals surface area contributed by atoms with Crippen molar-refractivity contribution in [1.29, 1.82) is 5.26 Å². The van der Waals surface area contributed by atoms with E-state index in [1.165, 1.54) is 29.5 Å². The molecule has 3 rings (SSSR count). The van der Waals surface area contributed by atoms with Crippen LogP contribution in [0.15, 0.2) is 57.8 Å². The zero-order valence-corrected chi connectivity index (χ0v) is 15.8. The lowest BCUT2D eigenvalue weighted by molar-refractivity contribution is -0.384. The van der Waals surface area contributed by atoms with E-state index in [0.717, 1.165) is 4.88 Å². The van der Waals surface area contributed by atoms with Gasteiger partial charge in [-0.25, -0.2) is 0 Å². The van der Waals surface area contributed by atoms with Crippen LogP contribution in [-0.4, -0.2) is 10.8 Å². The van der Waals surface area contributed by atoms with Gasteiger partial charge in [-0.3, -0.25) is 14.9 Å². The summed E-state index contributed by atoms with van der Waals surface area (Å²) in [5, 5.41) is 24.9. The van der Waals surface area contributed by atoms with Gasteiger partial charge >= 0.3 is 0 Å². The van der Waals surface area contributed by atoms with Crippen molar-refractivity contribution in [2.45, 2.75) is 6.54 Å². The topological polar surface area (TPSA) is 109 Å². The molecule has 0 fully saturated rings. The molecule has 0 aliphatic carbocycles. The Labute approximate surface area is 168 Å². The molecule has 28 heavy (non-hydrogen) atoms. The Bertz CT molecular complexity index is 1100. The fraction of sp³-hybridized carbons (Fsp3) is 0.0526. The van der Waals surface area contributed by atoms with Crippen LogP contribution in [0, 0.1) is 21.4 Å². The molecule has 140 valence electrons. The van der Waals surface area contributed by atoms with Crippen LogP contribution in [0.2, 0.25) is 5.02 Å². The van der Waals surface area contributed by atoms with Crippen molar-refractivity contribution in [1.82, 2.24) is 5.32 Å². The van der Waals surface area contributed by atoms with Crippen molar-refractivity contribution < 1.29 is 14.1 Å². The Kier molecular flexibility index (Phi) is 5.89. The second-order valence-electron chi connectivity index (χ2n) is 5.56. The van der Waals surface area contributed by atoms with Crippen molar-refractivity contribution in [3.8, 4) is 17.4 Å². The van der Waals surface area contributed by atoms with Gasteiger partial charge in [0.25, 0.3) is 11.6 Å². The van der Waals surface area contributed by atoms with Gasteiger partial charge in [-0.2, -0.15) is 5.26 Å². The second kappa shape index (κ2) is 8.52. The molecule has 0 radical (unpaired) electrons. The maximum absolute atomic E-state index is 12.2. The lowest BCUT2D eigenvalue weighted by Gasteiger charge is -2.02. The minimum Gasteiger partial charge on any atom is -0.457 e. The van der Waals surface area contributed by atoms with Crippen LogP contribution in [0.25, 0.3) is 17.4 Å². The lowest BCUT2D eigenvalue weighted by Crippen LogP contribution is -2.23. The summed E-state index contributed by atoms with van der Waals surface area (Å²) in [7, 11) is 0. The van der Waals surface area contributed by atoms with Crippen molar-refractivity contribution in [2.75, 3.05) is 0 Å². The molecule has 1 N–H and O–H groups in total. The quantitative estimate of drug-likeness (QED) is 0.270. The number of nitrogens with zero attached hydrogens (tertiary/aromatic N) is 2. The number of carbonyl (C=O) groups excluding carboxylic acids is 1. The zero-order valence-electron chi connectivity index (χ0n) is 14.2. The third-order valence-corrected chi connectivity index (χ3v) is 4.91. The van der Waals surface area contributed by atoms with Crippen LogP contribution >= 0.6 is 22.9 Å². The van der Waals surface area contributed by atoms with Gasteiger partial charge in [0, 0.05) is 22.6 Å². The molecule has 3 aromatic rings. The maximum Gasteiger partial charge on any atom is 0.288 e. The summed E-state index contributed by atoms with van der Waals surface area (Å²) in [6.45, 7) is 0.327. The largest absolute Gasteiger partial charge is 0.457 e. The fourth-order valence-electron chi connectivity index (χ4n) is 2.36. The minimum absolute atomic E-state index is 0.0228. The molecule has 9 heteroatoms. The Morgan fingerprint density at radius 1 is 1.36 bits per heavy atom. The molecule has 0 saturated heterocycles. The average molecular weight is 414 g/mol. The van der Waals surface area contributed by atoms with E-state index in [1.54, 1.807) is 18.2 Å². The fourth-order valence-corrected chi connectivity index (χ4v) is 3.19. The number of thiophene rings is 1. The SMILES string of the molecule is N#CC(=Cc1ccc(-c2ccc(Cl)c([N+](=O)[O-])c2)o1)C(=O)NCc1cccs1. The molecular weight excluding hydrogens is 402 g/mol. The Morgan fingerprint density at radius 3 is 2.86 bits per heavy atom. The first-order valence-electron chi connectivity index (χ1n) is 7.94. The highest BCUT2D eigenvalue weighted by Gasteiger charge is 2.16. The Morgan fingerprint density at radius 2 is 2.18 bits per heavy atom. The smallest absolute Gasteiger partial charge is 0.288 e. The Balaban J connectivity index is 1.78. The van der Waals surface area contributed by atoms with Crippen LogP contribution in [0.1, 0.15) is 10.6 Å². The van der Waals surface area contributed by atoms with E-state index < -0.39 is 10.8 Å². The Hall–Kier alpha value is -3.41. The van der Waals surface area contributed by atoms with E-state index in [9.17, 15) is 20.2 Å². The van der Waals surface area contributed by atoms with Crippen LogP contribution in [-0.2, 0) is 11.3 Å². The van der Waals surface area contributed by atoms with Crippen LogP contribution in [0.4, 0.5) is 5.69 Å². The summed E-state index contributed by atoms with van der Waals surface area (Å²) < 4.78 is 5.61. The third kappa shape index (κ3) is 4.46. The van der Waals surface area contributed by atoms with Crippen LogP contribution < -0.4 is 5.32 Å². The monoisotopic (exact) mass is 413 g/mol. The molecule has 0 unspecified atom stereocenters. The molecule has 1 aromatic carbocycles. The molecule has 0 aliphatic heterocycles. The first-order valence-corrected chi connectivity index (χ1v) is 9.20. The number of nitro groups is 1. The summed E-state index contributed by atoms with van der Waals surface area (Å²) >= 11 is 7.31. The molecule has 7 nitrogen and oxygen atoms in total. The number of carbonyl (C=O) groups is 1. The van der Waals surface area contributed by atoms with Gasteiger partial charge in [0.2, 0.25) is 0 Å². The highest BCUT2D eigenvalue weighted by molar-refractivity contribution is 7.09. The van der Waals surface area contributed by atoms with Gasteiger partial charge < -0.3 is 9.73 Å². The normalized spacial score (nSPS) is 11.1. The van der Waals surface area contributed by atoms with E-state index in [4.69, 9.17) is 16.0 Å². The predicted octanol–water partition coefficient (Wildman–Crippen LogP) is 4.79. The zero-order chi connectivity index (χ0) is 20.1. The summed E-state index contributed by atoms with van der Waals surface area (Å²) in [6, 6.07) is 13.1. The highest BCUT2D eigenvalue weighted by atomic mass is 35.5. The first-order chi connectivity index (χ1) is 13.5. The lowest BCUT2D eigenvalue weighted by atomic mass is 10.1. The molecule has 0 spiro atoms. The number of nitriles is 1. The summed E-state index contributed by atoms with van der Waals surface area (Å²) in [6.07, 6.45) is 1.32. The van der Waals surface area contributed by atoms with Crippen molar-refractivity contribution in [2.24, 2.45) is 0 Å². The van der Waals surface area contributed by atoms with E-state index in [2.05, 4.69) is 5.32 Å². The molecule has 2 aromatic heterocycles. The van der Waals surface area contributed by atoms with E-state index in [0.29, 0.717) is 17.9 Å². The maximum atomic E-state index is 12.2. The second-order valence-corrected chi connectivity index (χ2v) is 7.00. The number of nitro benzene ring substituents is 1. The average Bonchev–Trinajstić information content (AvgIpc) is 3.36. The van der Waals surface area contributed by atoms with E-state index >= 15 is 0 Å². The molecule has 0 bridgehead atoms. The molecule has 2 heterocycles. The van der Waals surface area contributed by atoms with Crippen LogP contribution in [0.3, 0.4) is 0 Å². The molecule has 0 atom stereocenters. The number of nitrogens with one attached hydrogen (secondary N) is 1.